The van der Waals surface area contributed by atoms with Crippen molar-refractivity contribution in [3.63, 3.8) is 0 Å². The van der Waals surface area contributed by atoms with Gasteiger partial charge in [0, 0.05) is 12.1 Å². The van der Waals surface area contributed by atoms with Gasteiger partial charge in [-0.05, 0) is 30.3 Å². The number of nitrogens with one attached hydrogen (secondary N) is 1. The Bertz CT molecular complexity index is 701. The van der Waals surface area contributed by atoms with Crippen molar-refractivity contribution in [1.82, 2.24) is 5.32 Å². The molecule has 0 heterocycles. The van der Waals surface area contributed by atoms with Gasteiger partial charge >= 0.3 is 0 Å². The van der Waals surface area contributed by atoms with Crippen molar-refractivity contribution in [1.29, 1.82) is 0 Å². The van der Waals surface area contributed by atoms with Crippen LogP contribution >= 0.6 is 0 Å². The molecule has 0 saturated carbocycles. The molecule has 122 valence electrons. The number of hydrogen-bond donors (Lipinski definition) is 2. The number of hydrogen-bond acceptors (Lipinski definition) is 2. The first-order chi connectivity index (χ1) is 10.9. The fraction of sp³-hybridized carbons (Fsp3) is 0.188. The predicted octanol–water partition coefficient (Wildman–Crippen LogP) is 2.64. The van der Waals surface area contributed by atoms with Crippen LogP contribution < -0.4 is 5.32 Å². The summed E-state index contributed by atoms with van der Waals surface area (Å²) >= 11 is 0. The molecule has 7 heteroatoms. The standard InChI is InChI=1S/C16H13F4NO2/c17-10-4-5-11(18)9(6-10)7-15(23)21-8-14(22)16-12(19)2-1-3-13(16)20/h1-6,14,22H,7-8H2,(H,21,23). The third kappa shape index (κ3) is 4.29. The lowest BCUT2D eigenvalue weighted by atomic mass is 10.1. The second kappa shape index (κ2) is 7.23. The average molecular weight is 327 g/mol. The second-order valence-corrected chi connectivity index (χ2v) is 4.87. The molecule has 0 radical (unpaired) electrons. The van der Waals surface area contributed by atoms with Crippen molar-refractivity contribution < 1.29 is 27.5 Å². The van der Waals surface area contributed by atoms with Gasteiger partial charge in [-0.25, -0.2) is 17.6 Å². The van der Waals surface area contributed by atoms with Crippen LogP contribution in [0.5, 0.6) is 0 Å². The van der Waals surface area contributed by atoms with E-state index in [4.69, 9.17) is 0 Å². The number of carbonyl (C=O) groups is 1. The van der Waals surface area contributed by atoms with Gasteiger partial charge in [0.25, 0.3) is 0 Å². The van der Waals surface area contributed by atoms with E-state index in [0.29, 0.717) is 0 Å². The number of carbonyl (C=O) groups excluding carboxylic acids is 1. The van der Waals surface area contributed by atoms with Gasteiger partial charge in [0.15, 0.2) is 0 Å². The van der Waals surface area contributed by atoms with Gasteiger partial charge in [-0.15, -0.1) is 0 Å². The van der Waals surface area contributed by atoms with Crippen LogP contribution in [0.25, 0.3) is 0 Å². The Morgan fingerprint density at radius 1 is 1.04 bits per heavy atom. The Morgan fingerprint density at radius 3 is 2.35 bits per heavy atom. The molecular formula is C16H13F4NO2. The first-order valence-corrected chi connectivity index (χ1v) is 6.71. The molecule has 0 aliphatic rings. The minimum Gasteiger partial charge on any atom is -0.386 e. The molecule has 0 aliphatic carbocycles. The highest BCUT2D eigenvalue weighted by molar-refractivity contribution is 5.78. The van der Waals surface area contributed by atoms with Crippen LogP contribution in [0.1, 0.15) is 17.2 Å². The normalized spacial score (nSPS) is 12.0. The fourth-order valence-corrected chi connectivity index (χ4v) is 2.06. The van der Waals surface area contributed by atoms with Crippen LogP contribution in [0, 0.1) is 23.3 Å². The highest BCUT2D eigenvalue weighted by Gasteiger charge is 2.18. The second-order valence-electron chi connectivity index (χ2n) is 4.87. The van der Waals surface area contributed by atoms with Gasteiger partial charge in [-0.2, -0.15) is 0 Å². The molecule has 3 nitrogen and oxygen atoms in total. The molecule has 0 aliphatic heterocycles. The third-order valence-corrected chi connectivity index (χ3v) is 3.18. The highest BCUT2D eigenvalue weighted by Crippen LogP contribution is 2.20. The summed E-state index contributed by atoms with van der Waals surface area (Å²) in [5, 5.41) is 12.0. The van der Waals surface area contributed by atoms with Crippen LogP contribution in [-0.2, 0) is 11.2 Å². The Hall–Kier alpha value is -2.41. The van der Waals surface area contributed by atoms with Gasteiger partial charge in [-0.3, -0.25) is 4.79 Å². The van der Waals surface area contributed by atoms with Crippen LogP contribution in [-0.4, -0.2) is 17.6 Å². The maximum Gasteiger partial charge on any atom is 0.224 e. The topological polar surface area (TPSA) is 49.3 Å². The lowest BCUT2D eigenvalue weighted by Gasteiger charge is -2.14. The zero-order chi connectivity index (χ0) is 17.0. The Kier molecular flexibility index (Phi) is 5.33. The molecule has 2 rings (SSSR count). The smallest absolute Gasteiger partial charge is 0.224 e. The maximum atomic E-state index is 13.5. The number of benzene rings is 2. The molecule has 23 heavy (non-hydrogen) atoms. The summed E-state index contributed by atoms with van der Waals surface area (Å²) in [6.07, 6.45) is -2.06. The molecule has 0 aromatic heterocycles. The predicted molar refractivity (Wildman–Crippen MR) is 74.4 cm³/mol. The molecule has 2 aromatic carbocycles. The molecule has 1 atom stereocenters. The molecule has 1 amide bonds. The summed E-state index contributed by atoms with van der Waals surface area (Å²) in [4.78, 5) is 11.7. The minimum atomic E-state index is -1.60. The summed E-state index contributed by atoms with van der Waals surface area (Å²) in [7, 11) is 0. The van der Waals surface area contributed by atoms with E-state index in [0.717, 1.165) is 36.4 Å². The quantitative estimate of drug-likeness (QED) is 0.830. The molecule has 0 fully saturated rings. The zero-order valence-corrected chi connectivity index (χ0v) is 11.8. The van der Waals surface area contributed by atoms with E-state index in [2.05, 4.69) is 5.32 Å². The molecule has 2 aromatic rings. The van der Waals surface area contributed by atoms with E-state index in [9.17, 15) is 27.5 Å². The number of aliphatic hydroxyl groups is 1. The molecular weight excluding hydrogens is 314 g/mol. The van der Waals surface area contributed by atoms with Crippen LogP contribution in [0.3, 0.4) is 0 Å². The number of aliphatic hydroxyl groups excluding tert-OH is 1. The Balaban J connectivity index is 1.98. The number of rotatable bonds is 5. The molecule has 0 bridgehead atoms. The van der Waals surface area contributed by atoms with Crippen molar-refractivity contribution in [2.75, 3.05) is 6.54 Å². The summed E-state index contributed by atoms with van der Waals surface area (Å²) < 4.78 is 53.3. The van der Waals surface area contributed by atoms with Crippen molar-refractivity contribution in [3.05, 3.63) is 70.8 Å². The van der Waals surface area contributed by atoms with Gasteiger partial charge in [0.1, 0.15) is 29.4 Å². The lowest BCUT2D eigenvalue weighted by molar-refractivity contribution is -0.121. The molecule has 1 unspecified atom stereocenters. The summed E-state index contributed by atoms with van der Waals surface area (Å²) in [5.41, 5.74) is -0.723. The third-order valence-electron chi connectivity index (χ3n) is 3.18. The van der Waals surface area contributed by atoms with E-state index in [1.54, 1.807) is 0 Å². The Morgan fingerprint density at radius 2 is 1.70 bits per heavy atom. The van der Waals surface area contributed by atoms with Crippen LogP contribution in [0.15, 0.2) is 36.4 Å². The minimum absolute atomic E-state index is 0.158. The van der Waals surface area contributed by atoms with Gasteiger partial charge < -0.3 is 10.4 Å². The van der Waals surface area contributed by atoms with E-state index < -0.39 is 53.8 Å². The monoisotopic (exact) mass is 327 g/mol. The van der Waals surface area contributed by atoms with Gasteiger partial charge in [0.2, 0.25) is 5.91 Å². The SMILES string of the molecule is O=C(Cc1cc(F)ccc1F)NCC(O)c1c(F)cccc1F. The van der Waals surface area contributed by atoms with Crippen LogP contribution in [0.2, 0.25) is 0 Å². The summed E-state index contributed by atoms with van der Waals surface area (Å²) in [5.74, 6) is -4.04. The van der Waals surface area contributed by atoms with Crippen molar-refractivity contribution in [3.8, 4) is 0 Å². The van der Waals surface area contributed by atoms with Crippen molar-refractivity contribution >= 4 is 5.91 Å². The van der Waals surface area contributed by atoms with E-state index in [-0.39, 0.29) is 5.56 Å². The van der Waals surface area contributed by atoms with Crippen LogP contribution in [0.4, 0.5) is 17.6 Å². The van der Waals surface area contributed by atoms with Gasteiger partial charge in [-0.1, -0.05) is 6.07 Å². The largest absolute Gasteiger partial charge is 0.386 e. The van der Waals surface area contributed by atoms with E-state index in [1.807, 2.05) is 0 Å². The maximum absolute atomic E-state index is 13.5. The van der Waals surface area contributed by atoms with Gasteiger partial charge in [0.05, 0.1) is 12.0 Å². The summed E-state index contributed by atoms with van der Waals surface area (Å²) in [6.45, 7) is -0.465. The van der Waals surface area contributed by atoms with Crippen molar-refractivity contribution in [2.45, 2.75) is 12.5 Å². The molecule has 0 saturated heterocycles. The first kappa shape index (κ1) is 17.0. The zero-order valence-electron chi connectivity index (χ0n) is 11.8. The number of halogens is 4. The molecule has 0 spiro atoms. The first-order valence-electron chi connectivity index (χ1n) is 6.71. The van der Waals surface area contributed by atoms with E-state index in [1.165, 1.54) is 0 Å². The Labute approximate surface area is 129 Å². The number of amides is 1. The highest BCUT2D eigenvalue weighted by atomic mass is 19.1. The average Bonchev–Trinajstić information content (AvgIpc) is 2.49. The fourth-order valence-electron chi connectivity index (χ4n) is 2.06. The van der Waals surface area contributed by atoms with Crippen molar-refractivity contribution in [2.24, 2.45) is 0 Å². The molecule has 2 N–H and O–H groups in total. The lowest BCUT2D eigenvalue weighted by Crippen LogP contribution is -2.30. The van der Waals surface area contributed by atoms with E-state index >= 15 is 0 Å². The summed E-state index contributed by atoms with van der Waals surface area (Å²) in [6, 6.07) is 5.79.